The summed E-state index contributed by atoms with van der Waals surface area (Å²) in [6.45, 7) is 3.94. The van der Waals surface area contributed by atoms with Crippen molar-refractivity contribution in [2.24, 2.45) is 11.7 Å². The van der Waals surface area contributed by atoms with Crippen molar-refractivity contribution in [1.82, 2.24) is 0 Å². The molecule has 0 saturated heterocycles. The number of nitrogens with one attached hydrogen (secondary N) is 1. The van der Waals surface area contributed by atoms with Gasteiger partial charge in [-0.15, -0.1) is 0 Å². The second kappa shape index (κ2) is 6.61. The molecule has 0 aliphatic heterocycles. The van der Waals surface area contributed by atoms with Crippen molar-refractivity contribution >= 4 is 23.2 Å². The standard InChI is InChI=1S/C13H19ClN2O2/c1-4-8(2)12(15)13(17)16-10-7-9(14)5-6-11(10)18-3/h5-8,12H,4,15H2,1-3H3,(H,16,17)/t8?,12-/m0/s1. The minimum Gasteiger partial charge on any atom is -0.495 e. The minimum absolute atomic E-state index is 0.121. The third-order valence-corrected chi connectivity index (χ3v) is 3.21. The highest BCUT2D eigenvalue weighted by atomic mass is 35.5. The van der Waals surface area contributed by atoms with Crippen LogP contribution in [0.4, 0.5) is 5.69 Å². The third-order valence-electron chi connectivity index (χ3n) is 2.98. The fraction of sp³-hybridized carbons (Fsp3) is 0.462. The summed E-state index contributed by atoms with van der Waals surface area (Å²) >= 11 is 5.89. The van der Waals surface area contributed by atoms with Crippen LogP contribution in [0, 0.1) is 5.92 Å². The first-order valence-electron chi connectivity index (χ1n) is 5.89. The Balaban J connectivity index is 2.84. The van der Waals surface area contributed by atoms with Crippen LogP contribution in [0.1, 0.15) is 20.3 Å². The Labute approximate surface area is 112 Å². The summed E-state index contributed by atoms with van der Waals surface area (Å²) in [5.74, 6) is 0.448. The average molecular weight is 271 g/mol. The number of hydrogen-bond donors (Lipinski definition) is 2. The van der Waals surface area contributed by atoms with Crippen molar-refractivity contribution in [2.75, 3.05) is 12.4 Å². The number of ether oxygens (including phenoxy) is 1. The zero-order chi connectivity index (χ0) is 13.7. The van der Waals surface area contributed by atoms with Gasteiger partial charge < -0.3 is 15.8 Å². The lowest BCUT2D eigenvalue weighted by Gasteiger charge is -2.18. The van der Waals surface area contributed by atoms with E-state index < -0.39 is 6.04 Å². The molecule has 0 saturated carbocycles. The molecule has 0 bridgehead atoms. The van der Waals surface area contributed by atoms with Gasteiger partial charge in [0.1, 0.15) is 5.75 Å². The molecular formula is C13H19ClN2O2. The Morgan fingerprint density at radius 3 is 2.78 bits per heavy atom. The molecule has 1 aromatic carbocycles. The molecule has 18 heavy (non-hydrogen) atoms. The van der Waals surface area contributed by atoms with Crippen LogP contribution in [0.25, 0.3) is 0 Å². The number of benzene rings is 1. The summed E-state index contributed by atoms with van der Waals surface area (Å²) in [4.78, 5) is 12.0. The molecule has 1 unspecified atom stereocenters. The SMILES string of the molecule is CCC(C)[C@H](N)C(=O)Nc1cc(Cl)ccc1OC. The Hall–Kier alpha value is -1.26. The van der Waals surface area contributed by atoms with Gasteiger partial charge in [-0.2, -0.15) is 0 Å². The predicted molar refractivity (Wildman–Crippen MR) is 74.1 cm³/mol. The second-order valence-corrected chi connectivity index (χ2v) is 4.68. The number of methoxy groups -OCH3 is 1. The van der Waals surface area contributed by atoms with E-state index in [-0.39, 0.29) is 11.8 Å². The molecule has 0 aliphatic rings. The van der Waals surface area contributed by atoms with E-state index in [4.69, 9.17) is 22.1 Å². The van der Waals surface area contributed by atoms with Crippen LogP contribution in [0.15, 0.2) is 18.2 Å². The normalized spacial score (nSPS) is 13.8. The molecule has 100 valence electrons. The fourth-order valence-electron chi connectivity index (χ4n) is 1.51. The maximum atomic E-state index is 12.0. The van der Waals surface area contributed by atoms with Gasteiger partial charge in [0.25, 0.3) is 0 Å². The van der Waals surface area contributed by atoms with Gasteiger partial charge in [0.15, 0.2) is 0 Å². The van der Waals surface area contributed by atoms with Crippen LogP contribution in [-0.4, -0.2) is 19.1 Å². The number of carbonyl (C=O) groups is 1. The first kappa shape index (κ1) is 14.8. The number of anilines is 1. The quantitative estimate of drug-likeness (QED) is 0.865. The maximum absolute atomic E-state index is 12.0. The van der Waals surface area contributed by atoms with Crippen LogP contribution < -0.4 is 15.8 Å². The Bertz CT molecular complexity index is 423. The van der Waals surface area contributed by atoms with Gasteiger partial charge in [-0.3, -0.25) is 4.79 Å². The average Bonchev–Trinajstić information content (AvgIpc) is 2.37. The van der Waals surface area contributed by atoms with Crippen molar-refractivity contribution in [2.45, 2.75) is 26.3 Å². The molecule has 0 aromatic heterocycles. The number of halogens is 1. The Kier molecular flexibility index (Phi) is 5.44. The zero-order valence-electron chi connectivity index (χ0n) is 10.9. The summed E-state index contributed by atoms with van der Waals surface area (Å²) in [6.07, 6.45) is 0.848. The van der Waals surface area contributed by atoms with Crippen molar-refractivity contribution in [3.8, 4) is 5.75 Å². The molecule has 5 heteroatoms. The largest absolute Gasteiger partial charge is 0.495 e. The Morgan fingerprint density at radius 2 is 2.22 bits per heavy atom. The van der Waals surface area contributed by atoms with E-state index in [1.54, 1.807) is 18.2 Å². The molecule has 1 amide bonds. The third kappa shape index (κ3) is 3.62. The van der Waals surface area contributed by atoms with Crippen LogP contribution >= 0.6 is 11.6 Å². The highest BCUT2D eigenvalue weighted by molar-refractivity contribution is 6.31. The lowest BCUT2D eigenvalue weighted by molar-refractivity contribution is -0.118. The van der Waals surface area contributed by atoms with Gasteiger partial charge in [0.2, 0.25) is 5.91 Å². The minimum atomic E-state index is -0.543. The first-order valence-corrected chi connectivity index (χ1v) is 6.27. The van der Waals surface area contributed by atoms with Gasteiger partial charge in [0, 0.05) is 5.02 Å². The van der Waals surface area contributed by atoms with E-state index in [9.17, 15) is 4.79 Å². The lowest BCUT2D eigenvalue weighted by Crippen LogP contribution is -2.40. The van der Waals surface area contributed by atoms with Gasteiger partial charge in [0.05, 0.1) is 18.8 Å². The lowest BCUT2D eigenvalue weighted by atomic mass is 9.99. The van der Waals surface area contributed by atoms with E-state index >= 15 is 0 Å². The number of nitrogens with two attached hydrogens (primary N) is 1. The molecule has 1 rings (SSSR count). The zero-order valence-corrected chi connectivity index (χ0v) is 11.6. The number of rotatable bonds is 5. The molecule has 0 radical (unpaired) electrons. The molecule has 0 fully saturated rings. The first-order chi connectivity index (χ1) is 8.49. The second-order valence-electron chi connectivity index (χ2n) is 4.25. The summed E-state index contributed by atoms with van der Waals surface area (Å²) in [5.41, 5.74) is 6.40. The van der Waals surface area contributed by atoms with E-state index in [1.165, 1.54) is 7.11 Å². The van der Waals surface area contributed by atoms with Crippen molar-refractivity contribution in [1.29, 1.82) is 0 Å². The van der Waals surface area contributed by atoms with E-state index in [1.807, 2.05) is 13.8 Å². The monoisotopic (exact) mass is 270 g/mol. The van der Waals surface area contributed by atoms with E-state index in [0.717, 1.165) is 6.42 Å². The van der Waals surface area contributed by atoms with Crippen molar-refractivity contribution < 1.29 is 9.53 Å². The smallest absolute Gasteiger partial charge is 0.241 e. The van der Waals surface area contributed by atoms with Gasteiger partial charge in [-0.05, 0) is 24.1 Å². The summed E-state index contributed by atoms with van der Waals surface area (Å²) < 4.78 is 5.15. The molecule has 4 nitrogen and oxygen atoms in total. The molecule has 2 atom stereocenters. The Morgan fingerprint density at radius 1 is 1.56 bits per heavy atom. The number of hydrogen-bond acceptors (Lipinski definition) is 3. The van der Waals surface area contributed by atoms with Crippen LogP contribution in [-0.2, 0) is 4.79 Å². The van der Waals surface area contributed by atoms with Crippen molar-refractivity contribution in [3.63, 3.8) is 0 Å². The van der Waals surface area contributed by atoms with Crippen molar-refractivity contribution in [3.05, 3.63) is 23.2 Å². The molecule has 1 aromatic rings. The summed E-state index contributed by atoms with van der Waals surface area (Å²) in [5, 5.41) is 3.27. The van der Waals surface area contributed by atoms with Gasteiger partial charge in [-0.1, -0.05) is 31.9 Å². The molecular weight excluding hydrogens is 252 g/mol. The number of carbonyl (C=O) groups excluding carboxylic acids is 1. The molecule has 0 spiro atoms. The molecule has 0 aliphatic carbocycles. The molecule has 3 N–H and O–H groups in total. The van der Waals surface area contributed by atoms with Crippen LogP contribution in [0.2, 0.25) is 5.02 Å². The molecule has 0 heterocycles. The van der Waals surface area contributed by atoms with E-state index in [2.05, 4.69) is 5.32 Å². The number of amides is 1. The summed E-state index contributed by atoms with van der Waals surface area (Å²) in [6, 6.07) is 4.50. The fourth-order valence-corrected chi connectivity index (χ4v) is 1.68. The highest BCUT2D eigenvalue weighted by Gasteiger charge is 2.20. The maximum Gasteiger partial charge on any atom is 0.241 e. The highest BCUT2D eigenvalue weighted by Crippen LogP contribution is 2.27. The van der Waals surface area contributed by atoms with Gasteiger partial charge >= 0.3 is 0 Å². The van der Waals surface area contributed by atoms with Gasteiger partial charge in [-0.25, -0.2) is 0 Å². The van der Waals surface area contributed by atoms with E-state index in [0.29, 0.717) is 16.5 Å². The van der Waals surface area contributed by atoms with Crippen LogP contribution in [0.3, 0.4) is 0 Å². The topological polar surface area (TPSA) is 64.4 Å². The summed E-state index contributed by atoms with van der Waals surface area (Å²) in [7, 11) is 1.54. The van der Waals surface area contributed by atoms with Crippen LogP contribution in [0.5, 0.6) is 5.75 Å². The predicted octanol–water partition coefficient (Wildman–Crippen LogP) is 2.66.